The lowest BCUT2D eigenvalue weighted by Gasteiger charge is -2.08. The van der Waals surface area contributed by atoms with Gasteiger partial charge < -0.3 is 9.47 Å². The SMILES string of the molecule is CCOc1ccc(Oc2nc(C)ccc2C#N)cc1. The van der Waals surface area contributed by atoms with Crippen LogP contribution >= 0.6 is 0 Å². The molecule has 1 aromatic heterocycles. The van der Waals surface area contributed by atoms with Crippen LogP contribution in [0.1, 0.15) is 18.2 Å². The van der Waals surface area contributed by atoms with Gasteiger partial charge in [0.25, 0.3) is 0 Å². The van der Waals surface area contributed by atoms with Crippen molar-refractivity contribution in [2.45, 2.75) is 13.8 Å². The van der Waals surface area contributed by atoms with Crippen LogP contribution in [0.4, 0.5) is 0 Å². The van der Waals surface area contributed by atoms with Crippen LogP contribution in [0, 0.1) is 18.3 Å². The van der Waals surface area contributed by atoms with Crippen LogP contribution in [-0.4, -0.2) is 11.6 Å². The number of rotatable bonds is 4. The fourth-order valence-electron chi connectivity index (χ4n) is 1.58. The van der Waals surface area contributed by atoms with E-state index in [0.717, 1.165) is 11.4 Å². The third-order valence-corrected chi connectivity index (χ3v) is 2.47. The van der Waals surface area contributed by atoms with E-state index in [1.807, 2.05) is 26.0 Å². The number of nitrogens with zero attached hydrogens (tertiary/aromatic N) is 2. The Morgan fingerprint density at radius 3 is 2.42 bits per heavy atom. The number of pyridine rings is 1. The highest BCUT2D eigenvalue weighted by atomic mass is 16.5. The summed E-state index contributed by atoms with van der Waals surface area (Å²) in [4.78, 5) is 4.22. The highest BCUT2D eigenvalue weighted by molar-refractivity contribution is 5.42. The molecule has 0 atom stereocenters. The predicted molar refractivity (Wildman–Crippen MR) is 71.4 cm³/mol. The third kappa shape index (κ3) is 3.23. The van der Waals surface area contributed by atoms with E-state index in [1.54, 1.807) is 24.3 Å². The van der Waals surface area contributed by atoms with Crippen LogP contribution in [-0.2, 0) is 0 Å². The second kappa shape index (κ2) is 5.87. The summed E-state index contributed by atoms with van der Waals surface area (Å²) in [5.41, 5.74) is 1.22. The van der Waals surface area contributed by atoms with Gasteiger partial charge in [-0.2, -0.15) is 5.26 Å². The molecule has 0 bridgehead atoms. The number of aromatic nitrogens is 1. The van der Waals surface area contributed by atoms with Crippen molar-refractivity contribution in [3.8, 4) is 23.4 Å². The molecular weight excluding hydrogens is 240 g/mol. The lowest BCUT2D eigenvalue weighted by Crippen LogP contribution is -1.94. The van der Waals surface area contributed by atoms with Crippen molar-refractivity contribution in [3.05, 3.63) is 47.7 Å². The molecule has 1 heterocycles. The lowest BCUT2D eigenvalue weighted by molar-refractivity contribution is 0.339. The Kier molecular flexibility index (Phi) is 3.99. The van der Waals surface area contributed by atoms with E-state index >= 15 is 0 Å². The summed E-state index contributed by atoms with van der Waals surface area (Å²) in [6.07, 6.45) is 0. The van der Waals surface area contributed by atoms with Crippen LogP contribution in [0.25, 0.3) is 0 Å². The Labute approximate surface area is 112 Å². The maximum atomic E-state index is 9.01. The van der Waals surface area contributed by atoms with Gasteiger partial charge in [0.15, 0.2) is 0 Å². The van der Waals surface area contributed by atoms with E-state index in [9.17, 15) is 0 Å². The van der Waals surface area contributed by atoms with Gasteiger partial charge in [0.05, 0.1) is 6.61 Å². The molecule has 4 heteroatoms. The zero-order valence-corrected chi connectivity index (χ0v) is 10.9. The van der Waals surface area contributed by atoms with Crippen molar-refractivity contribution in [3.63, 3.8) is 0 Å². The van der Waals surface area contributed by atoms with E-state index in [-0.39, 0.29) is 0 Å². The van der Waals surface area contributed by atoms with Crippen molar-refractivity contribution in [1.82, 2.24) is 4.98 Å². The van der Waals surface area contributed by atoms with Crippen molar-refractivity contribution >= 4 is 0 Å². The van der Waals surface area contributed by atoms with Gasteiger partial charge in [0.2, 0.25) is 5.88 Å². The summed E-state index contributed by atoms with van der Waals surface area (Å²) < 4.78 is 11.0. The second-order valence-electron chi connectivity index (χ2n) is 3.92. The number of benzene rings is 1. The molecule has 0 amide bonds. The Hall–Kier alpha value is -2.54. The van der Waals surface area contributed by atoms with E-state index in [2.05, 4.69) is 11.1 Å². The minimum Gasteiger partial charge on any atom is -0.494 e. The van der Waals surface area contributed by atoms with E-state index in [4.69, 9.17) is 14.7 Å². The molecule has 0 saturated carbocycles. The molecule has 96 valence electrons. The normalized spacial score (nSPS) is 9.74. The Morgan fingerprint density at radius 2 is 1.79 bits per heavy atom. The molecule has 2 rings (SSSR count). The maximum absolute atomic E-state index is 9.01. The van der Waals surface area contributed by atoms with E-state index < -0.39 is 0 Å². The first-order valence-corrected chi connectivity index (χ1v) is 6.01. The fraction of sp³-hybridized carbons (Fsp3) is 0.200. The number of ether oxygens (including phenoxy) is 2. The van der Waals surface area contributed by atoms with Crippen LogP contribution in [0.3, 0.4) is 0 Å². The highest BCUT2D eigenvalue weighted by Gasteiger charge is 2.07. The minimum atomic E-state index is 0.326. The molecule has 0 spiro atoms. The van der Waals surface area contributed by atoms with Crippen molar-refractivity contribution < 1.29 is 9.47 Å². The first-order chi connectivity index (χ1) is 9.22. The van der Waals surface area contributed by atoms with Crippen LogP contribution in [0.2, 0.25) is 0 Å². The van der Waals surface area contributed by atoms with Crippen molar-refractivity contribution in [1.29, 1.82) is 5.26 Å². The van der Waals surface area contributed by atoms with Crippen LogP contribution < -0.4 is 9.47 Å². The molecule has 4 nitrogen and oxygen atoms in total. The van der Waals surface area contributed by atoms with Crippen LogP contribution in [0.15, 0.2) is 36.4 Å². The Bertz CT molecular complexity index is 601. The number of hydrogen-bond donors (Lipinski definition) is 0. The molecular formula is C15H14N2O2. The summed E-state index contributed by atoms with van der Waals surface area (Å²) >= 11 is 0. The Balaban J connectivity index is 2.21. The molecule has 19 heavy (non-hydrogen) atoms. The molecule has 0 saturated heterocycles. The lowest BCUT2D eigenvalue weighted by atomic mass is 10.2. The fourth-order valence-corrected chi connectivity index (χ4v) is 1.58. The van der Waals surface area contributed by atoms with Gasteiger partial charge in [-0.15, -0.1) is 0 Å². The first kappa shape index (κ1) is 12.9. The predicted octanol–water partition coefficient (Wildman–Crippen LogP) is 3.45. The quantitative estimate of drug-likeness (QED) is 0.838. The zero-order chi connectivity index (χ0) is 13.7. The summed E-state index contributed by atoms with van der Waals surface area (Å²) in [6, 6.07) is 12.8. The summed E-state index contributed by atoms with van der Waals surface area (Å²) in [5.74, 6) is 1.73. The van der Waals surface area contributed by atoms with E-state index in [0.29, 0.717) is 23.8 Å². The van der Waals surface area contributed by atoms with Gasteiger partial charge in [-0.3, -0.25) is 0 Å². The Morgan fingerprint density at radius 1 is 1.11 bits per heavy atom. The minimum absolute atomic E-state index is 0.326. The van der Waals surface area contributed by atoms with Gasteiger partial charge in [0.1, 0.15) is 23.1 Å². The average molecular weight is 254 g/mol. The van der Waals surface area contributed by atoms with Gasteiger partial charge in [-0.25, -0.2) is 4.98 Å². The monoisotopic (exact) mass is 254 g/mol. The number of aryl methyl sites for hydroxylation is 1. The van der Waals surface area contributed by atoms with Crippen molar-refractivity contribution in [2.75, 3.05) is 6.61 Å². The smallest absolute Gasteiger partial charge is 0.237 e. The molecule has 2 aromatic rings. The average Bonchev–Trinajstić information content (AvgIpc) is 2.42. The first-order valence-electron chi connectivity index (χ1n) is 6.01. The topological polar surface area (TPSA) is 55.1 Å². The molecule has 1 aromatic carbocycles. The molecule has 0 radical (unpaired) electrons. The molecule has 0 N–H and O–H groups in total. The maximum Gasteiger partial charge on any atom is 0.237 e. The summed E-state index contributed by atoms with van der Waals surface area (Å²) in [6.45, 7) is 4.41. The standard InChI is InChI=1S/C15H14N2O2/c1-3-18-13-6-8-14(9-7-13)19-15-12(10-16)5-4-11(2)17-15/h4-9H,3H2,1-2H3. The van der Waals surface area contributed by atoms with Gasteiger partial charge in [-0.05, 0) is 50.2 Å². The molecule has 0 aliphatic rings. The van der Waals surface area contributed by atoms with Crippen molar-refractivity contribution in [2.24, 2.45) is 0 Å². The zero-order valence-electron chi connectivity index (χ0n) is 10.9. The second-order valence-corrected chi connectivity index (χ2v) is 3.92. The van der Waals surface area contributed by atoms with E-state index in [1.165, 1.54) is 0 Å². The van der Waals surface area contributed by atoms with Gasteiger partial charge in [0, 0.05) is 5.69 Å². The summed E-state index contributed by atoms with van der Waals surface area (Å²) in [5, 5.41) is 9.01. The molecule has 0 unspecified atom stereocenters. The van der Waals surface area contributed by atoms with Gasteiger partial charge >= 0.3 is 0 Å². The number of hydrogen-bond acceptors (Lipinski definition) is 4. The largest absolute Gasteiger partial charge is 0.494 e. The van der Waals surface area contributed by atoms with Gasteiger partial charge in [-0.1, -0.05) is 0 Å². The molecule has 0 aliphatic carbocycles. The molecule has 0 aliphatic heterocycles. The molecule has 0 fully saturated rings. The summed E-state index contributed by atoms with van der Waals surface area (Å²) in [7, 11) is 0. The highest BCUT2D eigenvalue weighted by Crippen LogP contribution is 2.25. The van der Waals surface area contributed by atoms with Crippen LogP contribution in [0.5, 0.6) is 17.4 Å². The third-order valence-electron chi connectivity index (χ3n) is 2.47. The number of nitriles is 1.